The smallest absolute Gasteiger partial charge is 0.233 e. The van der Waals surface area contributed by atoms with Gasteiger partial charge in [-0.15, -0.1) is 11.8 Å². The van der Waals surface area contributed by atoms with Gasteiger partial charge in [-0.25, -0.2) is 4.98 Å². The number of hydrogen-bond donors (Lipinski definition) is 0. The van der Waals surface area contributed by atoms with Crippen molar-refractivity contribution in [1.82, 2.24) is 9.88 Å². The van der Waals surface area contributed by atoms with E-state index < -0.39 is 0 Å². The number of piperazine rings is 1. The third-order valence-corrected chi connectivity index (χ3v) is 7.31. The molecule has 0 saturated carbocycles. The number of carbonyl (C=O) groups is 1. The van der Waals surface area contributed by atoms with E-state index >= 15 is 0 Å². The number of aromatic nitrogens is 1. The molecule has 0 atom stereocenters. The summed E-state index contributed by atoms with van der Waals surface area (Å²) in [4.78, 5) is 22.7. The summed E-state index contributed by atoms with van der Waals surface area (Å²) in [5.74, 6) is 2.21. The maximum atomic E-state index is 12.6. The number of carbonyl (C=O) groups excluding carboxylic acids is 1. The first-order valence-corrected chi connectivity index (χ1v) is 11.6. The van der Waals surface area contributed by atoms with E-state index in [0.717, 1.165) is 44.8 Å². The van der Waals surface area contributed by atoms with Crippen LogP contribution in [0.3, 0.4) is 0 Å². The normalized spacial score (nSPS) is 14.2. The van der Waals surface area contributed by atoms with Gasteiger partial charge in [0, 0.05) is 31.1 Å². The van der Waals surface area contributed by atoms with Gasteiger partial charge < -0.3 is 19.3 Å². The first-order valence-electron chi connectivity index (χ1n) is 9.82. The third-order valence-electron chi connectivity index (χ3n) is 5.19. The van der Waals surface area contributed by atoms with Crippen molar-refractivity contribution < 1.29 is 14.3 Å². The summed E-state index contributed by atoms with van der Waals surface area (Å²) in [5, 5.41) is 0.939. The molecule has 1 fully saturated rings. The Labute approximate surface area is 184 Å². The molecular weight excluding hydrogens is 418 g/mol. The highest BCUT2D eigenvalue weighted by molar-refractivity contribution is 8.00. The van der Waals surface area contributed by atoms with Gasteiger partial charge in [0.1, 0.15) is 21.7 Å². The Hall–Kier alpha value is -2.45. The van der Waals surface area contributed by atoms with E-state index in [4.69, 9.17) is 14.5 Å². The number of aryl methyl sites for hydroxylation is 1. The molecule has 30 heavy (non-hydrogen) atoms. The first kappa shape index (κ1) is 20.8. The minimum atomic E-state index is 0.188. The zero-order valence-corrected chi connectivity index (χ0v) is 19.0. The second-order valence-corrected chi connectivity index (χ2v) is 9.14. The van der Waals surface area contributed by atoms with Gasteiger partial charge in [0.15, 0.2) is 5.13 Å². The van der Waals surface area contributed by atoms with Gasteiger partial charge in [-0.05, 0) is 31.2 Å². The number of nitrogens with zero attached hydrogens (tertiary/aromatic N) is 3. The molecule has 0 spiro atoms. The van der Waals surface area contributed by atoms with Crippen LogP contribution < -0.4 is 14.4 Å². The van der Waals surface area contributed by atoms with E-state index in [1.165, 1.54) is 5.56 Å². The zero-order chi connectivity index (χ0) is 21.1. The molecule has 158 valence electrons. The summed E-state index contributed by atoms with van der Waals surface area (Å²) in [6.07, 6.45) is 0. The molecule has 1 aliphatic heterocycles. The quantitative estimate of drug-likeness (QED) is 0.536. The summed E-state index contributed by atoms with van der Waals surface area (Å²) in [6, 6.07) is 12.1. The van der Waals surface area contributed by atoms with Crippen molar-refractivity contribution in [3.63, 3.8) is 0 Å². The fraction of sp³-hybridized carbons (Fsp3) is 0.364. The molecule has 0 N–H and O–H groups in total. The highest BCUT2D eigenvalue weighted by Crippen LogP contribution is 2.40. The largest absolute Gasteiger partial charge is 0.495 e. The Morgan fingerprint density at radius 3 is 2.37 bits per heavy atom. The lowest BCUT2D eigenvalue weighted by molar-refractivity contribution is -0.128. The Kier molecular flexibility index (Phi) is 6.34. The minimum Gasteiger partial charge on any atom is -0.495 e. The van der Waals surface area contributed by atoms with Crippen LogP contribution in [0.4, 0.5) is 5.13 Å². The van der Waals surface area contributed by atoms with Crippen LogP contribution in [-0.2, 0) is 4.79 Å². The standard InChI is InChI=1S/C22H25N3O3S2/c1-15-4-6-16(7-5-15)29-14-19(26)24-10-12-25(13-11-24)22-23-20-17(27-2)8-9-18(28-3)21(20)30-22/h4-9H,10-14H2,1-3H3. The van der Waals surface area contributed by atoms with E-state index in [0.29, 0.717) is 18.8 Å². The zero-order valence-electron chi connectivity index (χ0n) is 17.4. The molecule has 0 aliphatic carbocycles. The van der Waals surface area contributed by atoms with Crippen LogP contribution in [0.25, 0.3) is 10.2 Å². The van der Waals surface area contributed by atoms with E-state index in [1.807, 2.05) is 17.0 Å². The van der Waals surface area contributed by atoms with Crippen molar-refractivity contribution in [2.75, 3.05) is 51.1 Å². The predicted molar refractivity (Wildman–Crippen MR) is 123 cm³/mol. The van der Waals surface area contributed by atoms with Crippen LogP contribution >= 0.6 is 23.1 Å². The highest BCUT2D eigenvalue weighted by atomic mass is 32.2. The topological polar surface area (TPSA) is 54.9 Å². The van der Waals surface area contributed by atoms with Crippen molar-refractivity contribution in [1.29, 1.82) is 0 Å². The number of thiazole rings is 1. The van der Waals surface area contributed by atoms with Crippen LogP contribution in [0.15, 0.2) is 41.3 Å². The van der Waals surface area contributed by atoms with Gasteiger partial charge in [0.05, 0.1) is 20.0 Å². The van der Waals surface area contributed by atoms with E-state index in [1.54, 1.807) is 37.3 Å². The number of fused-ring (bicyclic) bond motifs is 1. The number of benzene rings is 2. The van der Waals surface area contributed by atoms with Crippen LogP contribution in [0.2, 0.25) is 0 Å². The van der Waals surface area contributed by atoms with Gasteiger partial charge in [-0.2, -0.15) is 0 Å². The molecule has 1 amide bonds. The molecule has 1 saturated heterocycles. The summed E-state index contributed by atoms with van der Waals surface area (Å²) < 4.78 is 11.9. The summed E-state index contributed by atoms with van der Waals surface area (Å²) >= 11 is 3.20. The van der Waals surface area contributed by atoms with E-state index in [2.05, 4.69) is 36.1 Å². The Balaban J connectivity index is 1.38. The molecule has 2 aromatic carbocycles. The molecule has 6 nitrogen and oxygen atoms in total. The molecule has 1 aromatic heterocycles. The molecule has 4 rings (SSSR count). The number of thioether (sulfide) groups is 1. The van der Waals surface area contributed by atoms with Crippen molar-refractivity contribution in [2.45, 2.75) is 11.8 Å². The third kappa shape index (κ3) is 4.34. The molecular formula is C22H25N3O3S2. The Morgan fingerprint density at radius 2 is 1.70 bits per heavy atom. The van der Waals surface area contributed by atoms with Crippen molar-refractivity contribution in [3.05, 3.63) is 42.0 Å². The van der Waals surface area contributed by atoms with Crippen molar-refractivity contribution in [3.8, 4) is 11.5 Å². The van der Waals surface area contributed by atoms with Crippen LogP contribution in [0, 0.1) is 6.92 Å². The number of ether oxygens (including phenoxy) is 2. The predicted octanol–water partition coefficient (Wildman–Crippen LogP) is 4.06. The van der Waals surface area contributed by atoms with Gasteiger partial charge in [-0.3, -0.25) is 4.79 Å². The SMILES string of the molecule is COc1ccc(OC)c2sc(N3CCN(C(=O)CSc4ccc(C)cc4)CC3)nc12. The van der Waals surface area contributed by atoms with Gasteiger partial charge in [-0.1, -0.05) is 29.0 Å². The van der Waals surface area contributed by atoms with Crippen LogP contribution in [0.5, 0.6) is 11.5 Å². The second kappa shape index (κ2) is 9.14. The average molecular weight is 444 g/mol. The van der Waals surface area contributed by atoms with Gasteiger partial charge in [0.2, 0.25) is 5.91 Å². The molecule has 0 radical (unpaired) electrons. The summed E-state index contributed by atoms with van der Waals surface area (Å²) in [5.41, 5.74) is 2.05. The number of methoxy groups -OCH3 is 2. The summed E-state index contributed by atoms with van der Waals surface area (Å²) in [6.45, 7) is 5.02. The monoisotopic (exact) mass is 443 g/mol. The van der Waals surface area contributed by atoms with Gasteiger partial charge >= 0.3 is 0 Å². The fourth-order valence-electron chi connectivity index (χ4n) is 3.43. The Bertz CT molecular complexity index is 987. The molecule has 1 aliphatic rings. The number of rotatable bonds is 6. The molecule has 8 heteroatoms. The molecule has 2 heterocycles. The van der Waals surface area contributed by atoms with Gasteiger partial charge in [0.25, 0.3) is 0 Å². The molecule has 3 aromatic rings. The van der Waals surface area contributed by atoms with Crippen LogP contribution in [-0.4, -0.2) is 61.9 Å². The fourth-order valence-corrected chi connectivity index (χ4v) is 5.35. The highest BCUT2D eigenvalue weighted by Gasteiger charge is 2.24. The molecule has 0 unspecified atom stereocenters. The lowest BCUT2D eigenvalue weighted by Crippen LogP contribution is -2.49. The molecule has 0 bridgehead atoms. The van der Waals surface area contributed by atoms with Crippen molar-refractivity contribution >= 4 is 44.4 Å². The van der Waals surface area contributed by atoms with E-state index in [-0.39, 0.29) is 5.91 Å². The summed E-state index contributed by atoms with van der Waals surface area (Å²) in [7, 11) is 3.32. The second-order valence-electron chi connectivity index (χ2n) is 7.11. The number of anilines is 1. The maximum absolute atomic E-state index is 12.6. The lowest BCUT2D eigenvalue weighted by Gasteiger charge is -2.34. The van der Waals surface area contributed by atoms with Crippen molar-refractivity contribution in [2.24, 2.45) is 0 Å². The lowest BCUT2D eigenvalue weighted by atomic mass is 10.2. The first-order chi connectivity index (χ1) is 14.6. The number of amides is 1. The Morgan fingerprint density at radius 1 is 1.03 bits per heavy atom. The van der Waals surface area contributed by atoms with Crippen LogP contribution in [0.1, 0.15) is 5.56 Å². The number of hydrogen-bond acceptors (Lipinski definition) is 7. The average Bonchev–Trinajstić information content (AvgIpc) is 3.23. The minimum absolute atomic E-state index is 0.188. The van der Waals surface area contributed by atoms with E-state index in [9.17, 15) is 4.79 Å². The maximum Gasteiger partial charge on any atom is 0.233 e.